The van der Waals surface area contributed by atoms with Gasteiger partial charge in [-0.15, -0.1) is 0 Å². The number of carbonyl (C=O) groups is 2. The monoisotopic (exact) mass is 257 g/mol. The lowest BCUT2D eigenvalue weighted by atomic mass is 10.1. The number of hydrogen-bond acceptors (Lipinski definition) is 5. The van der Waals surface area contributed by atoms with Gasteiger partial charge in [-0.25, -0.2) is 4.79 Å². The van der Waals surface area contributed by atoms with E-state index < -0.39 is 0 Å². The van der Waals surface area contributed by atoms with Crippen molar-refractivity contribution in [1.82, 2.24) is 0 Å². The zero-order chi connectivity index (χ0) is 13.6. The molecule has 6 heteroatoms. The number of oxime groups is 1. The minimum Gasteiger partial charge on any atom is -0.384 e. The van der Waals surface area contributed by atoms with Crippen LogP contribution < -0.4 is 11.5 Å². The average molecular weight is 257 g/mol. The zero-order valence-electron chi connectivity index (χ0n) is 10.8. The van der Waals surface area contributed by atoms with Crippen molar-refractivity contribution in [3.05, 3.63) is 0 Å². The van der Waals surface area contributed by atoms with Crippen molar-refractivity contribution >= 4 is 18.1 Å². The molecule has 4 N–H and O–H groups in total. The molecule has 0 aliphatic rings. The van der Waals surface area contributed by atoms with E-state index >= 15 is 0 Å². The Labute approximate surface area is 108 Å². The Morgan fingerprint density at radius 1 is 1.11 bits per heavy atom. The van der Waals surface area contributed by atoms with Crippen LogP contribution in [0.2, 0.25) is 0 Å². The van der Waals surface area contributed by atoms with Gasteiger partial charge in [0, 0.05) is 19.3 Å². The van der Waals surface area contributed by atoms with Crippen LogP contribution in [0.1, 0.15) is 51.4 Å². The van der Waals surface area contributed by atoms with Gasteiger partial charge in [0.1, 0.15) is 12.1 Å². The Kier molecular flexibility index (Phi) is 11.1. The minimum absolute atomic E-state index is 0.165. The maximum absolute atomic E-state index is 11.2. The summed E-state index contributed by atoms with van der Waals surface area (Å²) in [5.41, 5.74) is 10.8. The first kappa shape index (κ1) is 16.6. The van der Waals surface area contributed by atoms with E-state index in [4.69, 9.17) is 11.5 Å². The lowest BCUT2D eigenvalue weighted by Gasteiger charge is -2.00. The summed E-state index contributed by atoms with van der Waals surface area (Å²) in [6.45, 7) is 0.719. The molecule has 0 aromatic heterocycles. The molecule has 0 radical (unpaired) electrons. The second kappa shape index (κ2) is 12.0. The predicted molar refractivity (Wildman–Crippen MR) is 69.8 cm³/mol. The third-order valence-electron chi connectivity index (χ3n) is 2.37. The fourth-order valence-corrected chi connectivity index (χ4v) is 1.35. The summed E-state index contributed by atoms with van der Waals surface area (Å²) >= 11 is 0. The van der Waals surface area contributed by atoms with Gasteiger partial charge < -0.3 is 21.1 Å². The van der Waals surface area contributed by atoms with E-state index in [1.165, 1.54) is 0 Å². The molecule has 0 aromatic carbocycles. The van der Waals surface area contributed by atoms with Crippen molar-refractivity contribution in [1.29, 1.82) is 0 Å². The molecule has 0 bridgehead atoms. The van der Waals surface area contributed by atoms with E-state index in [0.717, 1.165) is 44.9 Å². The standard InChI is InChI=1S/C12H23N3O3/c13-9-5-3-1-2-4-8-12(17)18-15-11(14)7-6-10-16/h10H,1-9,13H2,(H2,14,15). The summed E-state index contributed by atoms with van der Waals surface area (Å²) in [6, 6.07) is 0. The van der Waals surface area contributed by atoms with Crippen LogP contribution in [0.3, 0.4) is 0 Å². The van der Waals surface area contributed by atoms with Crippen LogP contribution in [-0.4, -0.2) is 24.6 Å². The van der Waals surface area contributed by atoms with Gasteiger partial charge in [0.15, 0.2) is 0 Å². The first-order valence-corrected chi connectivity index (χ1v) is 6.36. The number of amidine groups is 1. The molecule has 6 nitrogen and oxygen atoms in total. The summed E-state index contributed by atoms with van der Waals surface area (Å²) in [6.07, 6.45) is 6.66. The van der Waals surface area contributed by atoms with Crippen molar-refractivity contribution < 1.29 is 14.4 Å². The molecule has 0 aliphatic heterocycles. The van der Waals surface area contributed by atoms with Crippen molar-refractivity contribution in [2.75, 3.05) is 6.54 Å². The molecule has 0 amide bonds. The van der Waals surface area contributed by atoms with Crippen LogP contribution >= 0.6 is 0 Å². The highest BCUT2D eigenvalue weighted by Crippen LogP contribution is 2.05. The number of nitrogens with two attached hydrogens (primary N) is 2. The average Bonchev–Trinajstić information content (AvgIpc) is 2.38. The molecule has 0 saturated carbocycles. The highest BCUT2D eigenvalue weighted by atomic mass is 16.7. The number of unbranched alkanes of at least 4 members (excludes halogenated alkanes) is 4. The Morgan fingerprint density at radius 3 is 2.44 bits per heavy atom. The maximum atomic E-state index is 11.2. The van der Waals surface area contributed by atoms with Gasteiger partial charge >= 0.3 is 5.97 Å². The lowest BCUT2D eigenvalue weighted by molar-refractivity contribution is -0.143. The molecule has 0 spiro atoms. The molecule has 0 saturated heterocycles. The second-order valence-corrected chi connectivity index (χ2v) is 4.06. The number of carbonyl (C=O) groups excluding carboxylic acids is 2. The second-order valence-electron chi connectivity index (χ2n) is 4.06. The molecule has 0 aromatic rings. The molecule has 0 rings (SSSR count). The van der Waals surface area contributed by atoms with E-state index in [0.29, 0.717) is 12.8 Å². The van der Waals surface area contributed by atoms with Gasteiger partial charge in [-0.2, -0.15) is 0 Å². The van der Waals surface area contributed by atoms with E-state index in [2.05, 4.69) is 9.99 Å². The van der Waals surface area contributed by atoms with Crippen molar-refractivity contribution in [3.8, 4) is 0 Å². The van der Waals surface area contributed by atoms with E-state index in [1.807, 2.05) is 0 Å². The summed E-state index contributed by atoms with van der Waals surface area (Å²) < 4.78 is 0. The van der Waals surface area contributed by atoms with E-state index in [9.17, 15) is 9.59 Å². The maximum Gasteiger partial charge on any atom is 0.335 e. The third-order valence-corrected chi connectivity index (χ3v) is 2.37. The van der Waals surface area contributed by atoms with Crippen LogP contribution in [0, 0.1) is 0 Å². The molecular formula is C12H23N3O3. The fourth-order valence-electron chi connectivity index (χ4n) is 1.35. The van der Waals surface area contributed by atoms with E-state index in [1.54, 1.807) is 0 Å². The molecular weight excluding hydrogens is 234 g/mol. The number of nitrogens with zero attached hydrogens (tertiary/aromatic N) is 1. The normalized spacial score (nSPS) is 11.3. The number of rotatable bonds is 11. The van der Waals surface area contributed by atoms with Crippen LogP contribution in [0.5, 0.6) is 0 Å². The quantitative estimate of drug-likeness (QED) is 0.144. The topological polar surface area (TPSA) is 108 Å². The number of hydrogen-bond donors (Lipinski definition) is 2. The highest BCUT2D eigenvalue weighted by molar-refractivity contribution is 5.82. The Bertz CT molecular complexity index is 267. The van der Waals surface area contributed by atoms with Crippen LogP contribution in [0.25, 0.3) is 0 Å². The summed E-state index contributed by atoms with van der Waals surface area (Å²) in [5.74, 6) is -0.221. The SMILES string of the molecule is NCCCCCCCC(=O)ON=C(N)CCC=O. The lowest BCUT2D eigenvalue weighted by Crippen LogP contribution is -2.13. The Balaban J connectivity index is 3.50. The molecule has 18 heavy (non-hydrogen) atoms. The molecule has 0 fully saturated rings. The van der Waals surface area contributed by atoms with Gasteiger partial charge in [-0.3, -0.25) is 0 Å². The van der Waals surface area contributed by atoms with Gasteiger partial charge in [-0.05, 0) is 19.4 Å². The Morgan fingerprint density at radius 2 is 1.78 bits per heavy atom. The van der Waals surface area contributed by atoms with Crippen LogP contribution in [0.15, 0.2) is 5.16 Å². The molecule has 104 valence electrons. The van der Waals surface area contributed by atoms with E-state index in [-0.39, 0.29) is 18.2 Å². The first-order valence-electron chi connectivity index (χ1n) is 6.36. The van der Waals surface area contributed by atoms with Crippen molar-refractivity contribution in [2.24, 2.45) is 16.6 Å². The van der Waals surface area contributed by atoms with Crippen LogP contribution in [0.4, 0.5) is 0 Å². The van der Waals surface area contributed by atoms with Crippen LogP contribution in [-0.2, 0) is 14.4 Å². The smallest absolute Gasteiger partial charge is 0.335 e. The van der Waals surface area contributed by atoms with Crippen molar-refractivity contribution in [3.63, 3.8) is 0 Å². The Hall–Kier alpha value is -1.43. The summed E-state index contributed by atoms with van der Waals surface area (Å²) in [5, 5.41) is 3.46. The predicted octanol–water partition coefficient (Wildman–Crippen LogP) is 1.08. The largest absolute Gasteiger partial charge is 0.384 e. The van der Waals surface area contributed by atoms with Crippen molar-refractivity contribution in [2.45, 2.75) is 51.4 Å². The summed E-state index contributed by atoms with van der Waals surface area (Å²) in [4.78, 5) is 25.9. The van der Waals surface area contributed by atoms with Gasteiger partial charge in [0.25, 0.3) is 0 Å². The van der Waals surface area contributed by atoms with Gasteiger partial charge in [0.05, 0.1) is 0 Å². The highest BCUT2D eigenvalue weighted by Gasteiger charge is 2.03. The summed E-state index contributed by atoms with van der Waals surface area (Å²) in [7, 11) is 0. The molecule has 0 atom stereocenters. The minimum atomic E-state index is -0.386. The third kappa shape index (κ3) is 11.1. The molecule has 0 unspecified atom stereocenters. The fraction of sp³-hybridized carbons (Fsp3) is 0.750. The number of aldehydes is 1. The molecule has 0 aliphatic carbocycles. The molecule has 0 heterocycles. The first-order chi connectivity index (χ1) is 8.70. The van der Waals surface area contributed by atoms with Gasteiger partial charge in [-0.1, -0.05) is 24.4 Å². The van der Waals surface area contributed by atoms with Gasteiger partial charge in [0.2, 0.25) is 0 Å². The zero-order valence-corrected chi connectivity index (χ0v) is 10.8.